The smallest absolute Gasteiger partial charge is 0.330 e. The van der Waals surface area contributed by atoms with Crippen molar-refractivity contribution in [2.75, 3.05) is 20.8 Å². The van der Waals surface area contributed by atoms with Gasteiger partial charge in [0.15, 0.2) is 0 Å². The molecule has 0 heterocycles. The van der Waals surface area contributed by atoms with Crippen molar-refractivity contribution in [3.63, 3.8) is 0 Å². The fourth-order valence-electron chi connectivity index (χ4n) is 2.20. The SMILES string of the molecule is CCOC(=O)C=C1C[C@H](C(=O)OC)[C@@H](C(=O)OC)C1. The highest BCUT2D eigenvalue weighted by Crippen LogP contribution is 2.37. The summed E-state index contributed by atoms with van der Waals surface area (Å²) in [6.45, 7) is 1.99. The van der Waals surface area contributed by atoms with Gasteiger partial charge in [0.25, 0.3) is 0 Å². The molecule has 1 fully saturated rings. The van der Waals surface area contributed by atoms with Gasteiger partial charge in [0.05, 0.1) is 32.7 Å². The Morgan fingerprint density at radius 1 is 1.11 bits per heavy atom. The molecule has 0 aromatic heterocycles. The lowest BCUT2D eigenvalue weighted by Crippen LogP contribution is -2.27. The zero-order valence-corrected chi connectivity index (χ0v) is 11.3. The Hall–Kier alpha value is -1.85. The fraction of sp³-hybridized carbons (Fsp3) is 0.615. The van der Waals surface area contributed by atoms with Gasteiger partial charge in [-0.05, 0) is 19.8 Å². The molecule has 0 bridgehead atoms. The Morgan fingerprint density at radius 2 is 1.58 bits per heavy atom. The average molecular weight is 270 g/mol. The van der Waals surface area contributed by atoms with E-state index in [9.17, 15) is 14.4 Å². The topological polar surface area (TPSA) is 78.9 Å². The zero-order chi connectivity index (χ0) is 14.4. The van der Waals surface area contributed by atoms with E-state index in [1.807, 2.05) is 0 Å². The minimum Gasteiger partial charge on any atom is -0.469 e. The molecular weight excluding hydrogens is 252 g/mol. The molecule has 0 radical (unpaired) electrons. The van der Waals surface area contributed by atoms with Crippen LogP contribution in [0.2, 0.25) is 0 Å². The molecule has 0 aromatic rings. The third kappa shape index (κ3) is 3.81. The Kier molecular flexibility index (Phi) is 5.54. The molecule has 0 unspecified atom stereocenters. The summed E-state index contributed by atoms with van der Waals surface area (Å²) in [6, 6.07) is 0. The first kappa shape index (κ1) is 15.2. The predicted molar refractivity (Wildman–Crippen MR) is 65.0 cm³/mol. The second-order valence-corrected chi connectivity index (χ2v) is 4.22. The van der Waals surface area contributed by atoms with E-state index in [4.69, 9.17) is 4.74 Å². The van der Waals surface area contributed by atoms with Gasteiger partial charge in [-0.25, -0.2) is 4.79 Å². The van der Waals surface area contributed by atoms with E-state index >= 15 is 0 Å². The summed E-state index contributed by atoms with van der Waals surface area (Å²) in [5.74, 6) is -2.60. The van der Waals surface area contributed by atoms with E-state index in [-0.39, 0.29) is 6.61 Å². The highest BCUT2D eigenvalue weighted by atomic mass is 16.5. The zero-order valence-electron chi connectivity index (χ0n) is 11.3. The molecule has 0 saturated heterocycles. The molecule has 1 aliphatic rings. The van der Waals surface area contributed by atoms with Gasteiger partial charge >= 0.3 is 17.9 Å². The number of rotatable bonds is 4. The number of carbonyl (C=O) groups is 3. The first-order chi connectivity index (χ1) is 9.03. The van der Waals surface area contributed by atoms with Crippen LogP contribution in [0, 0.1) is 11.8 Å². The number of esters is 3. The summed E-state index contributed by atoms with van der Waals surface area (Å²) in [6.07, 6.45) is 1.96. The van der Waals surface area contributed by atoms with Crippen LogP contribution < -0.4 is 0 Å². The predicted octanol–water partition coefficient (Wildman–Crippen LogP) is 0.848. The van der Waals surface area contributed by atoms with Crippen LogP contribution in [0.1, 0.15) is 19.8 Å². The van der Waals surface area contributed by atoms with E-state index in [2.05, 4.69) is 9.47 Å². The van der Waals surface area contributed by atoms with Crippen LogP contribution in [0.25, 0.3) is 0 Å². The van der Waals surface area contributed by atoms with Crippen LogP contribution in [0.5, 0.6) is 0 Å². The quantitative estimate of drug-likeness (QED) is 0.428. The Bertz CT molecular complexity index is 372. The van der Waals surface area contributed by atoms with Crippen molar-refractivity contribution < 1.29 is 28.6 Å². The molecule has 0 aliphatic heterocycles. The van der Waals surface area contributed by atoms with Crippen molar-refractivity contribution in [2.24, 2.45) is 11.8 Å². The number of ether oxygens (including phenoxy) is 3. The molecule has 0 aromatic carbocycles. The third-order valence-electron chi connectivity index (χ3n) is 3.07. The number of hydrogen-bond donors (Lipinski definition) is 0. The van der Waals surface area contributed by atoms with Crippen LogP contribution in [-0.4, -0.2) is 38.7 Å². The average Bonchev–Trinajstić information content (AvgIpc) is 2.80. The van der Waals surface area contributed by atoms with E-state index in [0.29, 0.717) is 18.4 Å². The van der Waals surface area contributed by atoms with Crippen LogP contribution in [0.15, 0.2) is 11.6 Å². The maximum absolute atomic E-state index is 11.6. The minimum absolute atomic E-state index is 0.281. The van der Waals surface area contributed by atoms with Crippen molar-refractivity contribution in [3.05, 3.63) is 11.6 Å². The minimum atomic E-state index is -0.599. The van der Waals surface area contributed by atoms with Gasteiger partial charge in [-0.15, -0.1) is 0 Å². The largest absolute Gasteiger partial charge is 0.469 e. The van der Waals surface area contributed by atoms with Crippen LogP contribution in [0.4, 0.5) is 0 Å². The second-order valence-electron chi connectivity index (χ2n) is 4.22. The van der Waals surface area contributed by atoms with Gasteiger partial charge < -0.3 is 14.2 Å². The molecule has 1 saturated carbocycles. The molecular formula is C13H18O6. The standard InChI is InChI=1S/C13H18O6/c1-4-19-11(14)7-8-5-9(12(15)17-2)10(6-8)13(16)18-3/h7,9-10H,4-6H2,1-3H3/t9-,10-/m0/s1. The molecule has 2 atom stereocenters. The Balaban J connectivity index is 2.84. The number of methoxy groups -OCH3 is 2. The molecule has 6 nitrogen and oxygen atoms in total. The molecule has 0 amide bonds. The molecule has 1 rings (SSSR count). The van der Waals surface area contributed by atoms with Crippen LogP contribution in [0.3, 0.4) is 0 Å². The first-order valence-corrected chi connectivity index (χ1v) is 6.05. The number of carbonyl (C=O) groups excluding carboxylic acids is 3. The number of hydrogen-bond acceptors (Lipinski definition) is 6. The van der Waals surface area contributed by atoms with E-state index < -0.39 is 29.7 Å². The van der Waals surface area contributed by atoms with Crippen LogP contribution in [-0.2, 0) is 28.6 Å². The van der Waals surface area contributed by atoms with Crippen molar-refractivity contribution in [1.82, 2.24) is 0 Å². The summed E-state index contributed by atoms with van der Waals surface area (Å²) >= 11 is 0. The highest BCUT2D eigenvalue weighted by molar-refractivity contribution is 5.86. The van der Waals surface area contributed by atoms with Crippen LogP contribution >= 0.6 is 0 Å². The first-order valence-electron chi connectivity index (χ1n) is 6.05. The summed E-state index contributed by atoms with van der Waals surface area (Å²) < 4.78 is 14.1. The second kappa shape index (κ2) is 6.92. The lowest BCUT2D eigenvalue weighted by molar-refractivity contribution is -0.156. The van der Waals surface area contributed by atoms with Gasteiger partial charge in [0, 0.05) is 6.08 Å². The fourth-order valence-corrected chi connectivity index (χ4v) is 2.20. The maximum atomic E-state index is 11.6. The Morgan fingerprint density at radius 3 is 1.95 bits per heavy atom. The molecule has 1 aliphatic carbocycles. The maximum Gasteiger partial charge on any atom is 0.330 e. The molecule has 6 heteroatoms. The summed E-state index contributed by atoms with van der Waals surface area (Å²) in [5, 5.41) is 0. The highest BCUT2D eigenvalue weighted by Gasteiger charge is 2.41. The lowest BCUT2D eigenvalue weighted by atomic mass is 9.96. The van der Waals surface area contributed by atoms with Gasteiger partial charge in [-0.3, -0.25) is 9.59 Å². The summed E-state index contributed by atoms with van der Waals surface area (Å²) in [7, 11) is 2.54. The van der Waals surface area contributed by atoms with E-state index in [1.54, 1.807) is 6.92 Å². The van der Waals surface area contributed by atoms with Gasteiger partial charge in [0.1, 0.15) is 0 Å². The molecule has 19 heavy (non-hydrogen) atoms. The molecule has 0 N–H and O–H groups in total. The monoisotopic (exact) mass is 270 g/mol. The van der Waals surface area contributed by atoms with Gasteiger partial charge in [-0.2, -0.15) is 0 Å². The summed E-state index contributed by atoms with van der Waals surface area (Å²) in [4.78, 5) is 34.6. The molecule has 0 spiro atoms. The summed E-state index contributed by atoms with van der Waals surface area (Å²) in [5.41, 5.74) is 0.698. The van der Waals surface area contributed by atoms with E-state index in [0.717, 1.165) is 0 Å². The van der Waals surface area contributed by atoms with E-state index in [1.165, 1.54) is 20.3 Å². The van der Waals surface area contributed by atoms with Crippen molar-refractivity contribution in [1.29, 1.82) is 0 Å². The van der Waals surface area contributed by atoms with Crippen molar-refractivity contribution in [3.8, 4) is 0 Å². The van der Waals surface area contributed by atoms with Gasteiger partial charge in [0.2, 0.25) is 0 Å². The number of allylic oxidation sites excluding steroid dienone is 1. The van der Waals surface area contributed by atoms with Crippen molar-refractivity contribution >= 4 is 17.9 Å². The normalized spacial score (nSPS) is 21.7. The van der Waals surface area contributed by atoms with Gasteiger partial charge in [-0.1, -0.05) is 5.57 Å². The third-order valence-corrected chi connectivity index (χ3v) is 3.07. The van der Waals surface area contributed by atoms with Crippen molar-refractivity contribution in [2.45, 2.75) is 19.8 Å². The molecule has 106 valence electrons. The lowest BCUT2D eigenvalue weighted by Gasteiger charge is -2.13. The Labute approximate surface area is 111 Å².